The van der Waals surface area contributed by atoms with Crippen molar-refractivity contribution in [1.29, 1.82) is 0 Å². The zero-order chi connectivity index (χ0) is 11.4. The molecule has 1 atom stereocenters. The predicted octanol–water partition coefficient (Wildman–Crippen LogP) is 3.69. The number of hydrogen-bond acceptors (Lipinski definition) is 2. The van der Waals surface area contributed by atoms with Gasteiger partial charge in [-0.15, -0.1) is 0 Å². The maximum atomic E-state index is 13.4. The summed E-state index contributed by atoms with van der Waals surface area (Å²) < 4.78 is 13.4. The highest BCUT2D eigenvalue weighted by atomic mass is 32.2. The first-order valence-electron chi connectivity index (χ1n) is 5.16. The van der Waals surface area contributed by atoms with Gasteiger partial charge in [-0.2, -0.15) is 11.8 Å². The van der Waals surface area contributed by atoms with Crippen molar-refractivity contribution in [3.63, 3.8) is 0 Å². The minimum atomic E-state index is -0.196. The number of halogens is 1. The van der Waals surface area contributed by atoms with Crippen molar-refractivity contribution in [2.45, 2.75) is 31.8 Å². The maximum absolute atomic E-state index is 13.4. The Morgan fingerprint density at radius 1 is 1.33 bits per heavy atom. The Labute approximate surface area is 95.2 Å². The van der Waals surface area contributed by atoms with Gasteiger partial charge in [-0.25, -0.2) is 4.39 Å². The lowest BCUT2D eigenvalue weighted by Gasteiger charge is -2.15. The number of hydrogen-bond donors (Lipinski definition) is 1. The van der Waals surface area contributed by atoms with Gasteiger partial charge in [0.15, 0.2) is 0 Å². The Kier molecular flexibility index (Phi) is 4.45. The van der Waals surface area contributed by atoms with Crippen LogP contribution in [-0.2, 0) is 5.75 Å². The van der Waals surface area contributed by atoms with E-state index in [1.54, 1.807) is 23.9 Å². The number of nitrogens with two attached hydrogens (primary N) is 1. The molecule has 0 aromatic heterocycles. The molecule has 0 amide bonds. The molecule has 0 saturated carbocycles. The van der Waals surface area contributed by atoms with E-state index in [1.165, 1.54) is 6.07 Å². The highest BCUT2D eigenvalue weighted by Crippen LogP contribution is 2.27. The van der Waals surface area contributed by atoms with Gasteiger partial charge in [-0.3, -0.25) is 0 Å². The molecule has 15 heavy (non-hydrogen) atoms. The van der Waals surface area contributed by atoms with E-state index in [0.717, 1.165) is 0 Å². The first-order valence-corrected chi connectivity index (χ1v) is 6.21. The van der Waals surface area contributed by atoms with Gasteiger partial charge in [0.25, 0.3) is 0 Å². The highest BCUT2D eigenvalue weighted by Gasteiger charge is 2.11. The Balaban J connectivity index is 2.65. The molecule has 0 aliphatic heterocycles. The number of anilines is 1. The molecular weight excluding hydrogens is 209 g/mol. The van der Waals surface area contributed by atoms with Crippen LogP contribution in [0, 0.1) is 11.7 Å². The van der Waals surface area contributed by atoms with Gasteiger partial charge in [0.1, 0.15) is 5.82 Å². The van der Waals surface area contributed by atoms with Gasteiger partial charge < -0.3 is 5.73 Å². The first kappa shape index (κ1) is 12.4. The lowest BCUT2D eigenvalue weighted by Crippen LogP contribution is -2.07. The zero-order valence-electron chi connectivity index (χ0n) is 9.46. The van der Waals surface area contributed by atoms with Crippen LogP contribution in [0.4, 0.5) is 10.1 Å². The van der Waals surface area contributed by atoms with Gasteiger partial charge >= 0.3 is 0 Å². The molecule has 2 N–H and O–H groups in total. The molecule has 1 aromatic carbocycles. The van der Waals surface area contributed by atoms with Crippen molar-refractivity contribution in [2.24, 2.45) is 5.92 Å². The molecule has 0 spiro atoms. The molecule has 0 radical (unpaired) electrons. The molecule has 0 aliphatic rings. The monoisotopic (exact) mass is 227 g/mol. The van der Waals surface area contributed by atoms with Crippen molar-refractivity contribution in [3.05, 3.63) is 29.6 Å². The second kappa shape index (κ2) is 5.40. The first-order chi connectivity index (χ1) is 7.02. The number of thioether (sulfide) groups is 1. The smallest absolute Gasteiger partial charge is 0.129 e. The standard InChI is InChI=1S/C12H18FNS/c1-8(2)9(3)15-7-10-11(13)5-4-6-12(10)14/h4-6,8-9H,7,14H2,1-3H3. The molecule has 3 heteroatoms. The lowest BCUT2D eigenvalue weighted by atomic mass is 10.2. The van der Waals surface area contributed by atoms with Crippen LogP contribution >= 0.6 is 11.8 Å². The average molecular weight is 227 g/mol. The number of nitrogen functional groups attached to an aromatic ring is 1. The van der Waals surface area contributed by atoms with E-state index in [4.69, 9.17) is 5.73 Å². The van der Waals surface area contributed by atoms with Crippen molar-refractivity contribution in [3.8, 4) is 0 Å². The summed E-state index contributed by atoms with van der Waals surface area (Å²) in [6, 6.07) is 4.86. The van der Waals surface area contributed by atoms with Gasteiger partial charge in [-0.05, 0) is 18.1 Å². The maximum Gasteiger partial charge on any atom is 0.129 e. The Morgan fingerprint density at radius 2 is 2.00 bits per heavy atom. The largest absolute Gasteiger partial charge is 0.398 e. The summed E-state index contributed by atoms with van der Waals surface area (Å²) in [6.07, 6.45) is 0. The molecule has 0 aliphatic carbocycles. The lowest BCUT2D eigenvalue weighted by molar-refractivity contribution is 0.616. The second-order valence-electron chi connectivity index (χ2n) is 4.07. The molecule has 1 aromatic rings. The minimum Gasteiger partial charge on any atom is -0.398 e. The SMILES string of the molecule is CC(C)C(C)SCc1c(N)cccc1F. The number of benzene rings is 1. The average Bonchev–Trinajstić information content (AvgIpc) is 2.16. The van der Waals surface area contributed by atoms with E-state index in [-0.39, 0.29) is 5.82 Å². The summed E-state index contributed by atoms with van der Waals surface area (Å²) in [4.78, 5) is 0. The summed E-state index contributed by atoms with van der Waals surface area (Å²) >= 11 is 1.75. The minimum absolute atomic E-state index is 0.196. The Bertz CT molecular complexity index is 305. The zero-order valence-corrected chi connectivity index (χ0v) is 10.3. The van der Waals surface area contributed by atoms with E-state index in [9.17, 15) is 4.39 Å². The third-order valence-corrected chi connectivity index (χ3v) is 4.11. The van der Waals surface area contributed by atoms with Gasteiger partial charge in [0.05, 0.1) is 0 Å². The van der Waals surface area contributed by atoms with Crippen LogP contribution in [0.1, 0.15) is 26.3 Å². The van der Waals surface area contributed by atoms with Crippen molar-refractivity contribution >= 4 is 17.4 Å². The summed E-state index contributed by atoms with van der Waals surface area (Å²) in [6.45, 7) is 6.50. The van der Waals surface area contributed by atoms with Crippen molar-refractivity contribution in [1.82, 2.24) is 0 Å². The number of rotatable bonds is 4. The van der Waals surface area contributed by atoms with Crippen LogP contribution in [-0.4, -0.2) is 5.25 Å². The van der Waals surface area contributed by atoms with Crippen LogP contribution in [0.2, 0.25) is 0 Å². The topological polar surface area (TPSA) is 26.0 Å². The van der Waals surface area contributed by atoms with E-state index in [1.807, 2.05) is 0 Å². The van der Waals surface area contributed by atoms with Gasteiger partial charge in [0.2, 0.25) is 0 Å². The molecule has 0 saturated heterocycles. The molecule has 0 bridgehead atoms. The summed E-state index contributed by atoms with van der Waals surface area (Å²) in [5.74, 6) is 1.05. The van der Waals surface area contributed by atoms with Crippen LogP contribution < -0.4 is 5.73 Å². The van der Waals surface area contributed by atoms with E-state index >= 15 is 0 Å². The third-order valence-electron chi connectivity index (χ3n) is 2.58. The van der Waals surface area contributed by atoms with Gasteiger partial charge in [-0.1, -0.05) is 26.8 Å². The molecule has 1 rings (SSSR count). The fourth-order valence-corrected chi connectivity index (χ4v) is 2.25. The summed E-state index contributed by atoms with van der Waals surface area (Å²) in [5.41, 5.74) is 6.92. The Morgan fingerprint density at radius 3 is 2.53 bits per heavy atom. The second-order valence-corrected chi connectivity index (χ2v) is 5.43. The van der Waals surface area contributed by atoms with Gasteiger partial charge in [0, 0.05) is 22.3 Å². The van der Waals surface area contributed by atoms with Crippen molar-refractivity contribution in [2.75, 3.05) is 5.73 Å². The Hall–Kier alpha value is -0.700. The van der Waals surface area contributed by atoms with Crippen LogP contribution in [0.3, 0.4) is 0 Å². The van der Waals surface area contributed by atoms with E-state index < -0.39 is 0 Å². The van der Waals surface area contributed by atoms with Crippen LogP contribution in [0.5, 0.6) is 0 Å². The normalized spacial score (nSPS) is 13.1. The van der Waals surface area contributed by atoms with Crippen LogP contribution in [0.15, 0.2) is 18.2 Å². The summed E-state index contributed by atoms with van der Waals surface area (Å²) in [7, 11) is 0. The van der Waals surface area contributed by atoms with E-state index in [0.29, 0.717) is 28.2 Å². The van der Waals surface area contributed by atoms with E-state index in [2.05, 4.69) is 20.8 Å². The molecule has 1 unspecified atom stereocenters. The summed E-state index contributed by atoms with van der Waals surface area (Å²) in [5, 5.41) is 0.518. The molecule has 0 heterocycles. The van der Waals surface area contributed by atoms with Crippen LogP contribution in [0.25, 0.3) is 0 Å². The fraction of sp³-hybridized carbons (Fsp3) is 0.500. The molecular formula is C12H18FNS. The van der Waals surface area contributed by atoms with Crippen molar-refractivity contribution < 1.29 is 4.39 Å². The molecule has 0 fully saturated rings. The fourth-order valence-electron chi connectivity index (χ4n) is 1.13. The third kappa shape index (κ3) is 3.42. The quantitative estimate of drug-likeness (QED) is 0.794. The molecule has 1 nitrogen and oxygen atoms in total. The highest BCUT2D eigenvalue weighted by molar-refractivity contribution is 7.99. The molecule has 84 valence electrons. The predicted molar refractivity (Wildman–Crippen MR) is 66.4 cm³/mol.